The van der Waals surface area contributed by atoms with E-state index >= 15 is 0 Å². The van der Waals surface area contributed by atoms with Gasteiger partial charge in [-0.2, -0.15) is 0 Å². The average molecular weight is 342 g/mol. The van der Waals surface area contributed by atoms with E-state index in [-0.39, 0.29) is 29.9 Å². The Morgan fingerprint density at radius 2 is 1.79 bits per heavy atom. The molecule has 2 aromatic rings. The number of hydrogen-bond donors (Lipinski definition) is 1. The molecule has 1 heterocycles. The maximum atomic E-state index is 12.4. The van der Waals surface area contributed by atoms with Crippen molar-refractivity contribution in [3.8, 4) is 0 Å². The minimum absolute atomic E-state index is 0.0231. The van der Waals surface area contributed by atoms with E-state index in [9.17, 15) is 9.59 Å². The highest BCUT2D eigenvalue weighted by Crippen LogP contribution is 2.32. The minimum Gasteiger partial charge on any atom is -0.355 e. The number of nitrogens with one attached hydrogen (secondary N) is 1. The van der Waals surface area contributed by atoms with Crippen molar-refractivity contribution in [2.45, 2.75) is 25.7 Å². The molecule has 1 saturated heterocycles. The van der Waals surface area contributed by atoms with Crippen LogP contribution in [0.1, 0.15) is 29.0 Å². The molecule has 1 aliphatic rings. The number of carbonyl (C=O) groups is 2. The summed E-state index contributed by atoms with van der Waals surface area (Å²) in [5.74, 6) is -0.165. The fourth-order valence-corrected chi connectivity index (χ4v) is 3.34. The third-order valence-electron chi connectivity index (χ3n) is 4.59. The molecular weight excluding hydrogens is 322 g/mol. The van der Waals surface area contributed by atoms with Crippen LogP contribution in [-0.4, -0.2) is 18.2 Å². The summed E-state index contributed by atoms with van der Waals surface area (Å²) in [5, 5.41) is 3.55. The van der Waals surface area contributed by atoms with Crippen LogP contribution in [0.15, 0.2) is 48.5 Å². The second-order valence-corrected chi connectivity index (χ2v) is 6.85. The second-order valence-electron chi connectivity index (χ2n) is 6.41. The lowest BCUT2D eigenvalue weighted by Crippen LogP contribution is -2.23. The van der Waals surface area contributed by atoms with Gasteiger partial charge in [0.2, 0.25) is 5.91 Å². The van der Waals surface area contributed by atoms with Crippen LogP contribution in [-0.2, 0) is 16.0 Å². The van der Waals surface area contributed by atoms with Gasteiger partial charge in [0.25, 0.3) is 0 Å². The Balaban J connectivity index is 1.69. The molecule has 0 radical (unpaired) electrons. The highest BCUT2D eigenvalue weighted by Gasteiger charge is 2.36. The Hall–Kier alpha value is -2.13. The summed E-state index contributed by atoms with van der Waals surface area (Å²) in [6.07, 6.45) is 0.606. The van der Waals surface area contributed by atoms with Crippen molar-refractivity contribution in [1.29, 1.82) is 0 Å². The number of rotatable bonds is 5. The van der Waals surface area contributed by atoms with E-state index in [1.165, 1.54) is 5.56 Å². The molecule has 2 aromatic carbocycles. The van der Waals surface area contributed by atoms with Crippen molar-refractivity contribution in [2.24, 2.45) is 5.92 Å². The number of amides is 1. The predicted molar refractivity (Wildman–Crippen MR) is 95.2 cm³/mol. The average Bonchev–Trinajstić information content (AvgIpc) is 2.91. The van der Waals surface area contributed by atoms with Crippen LogP contribution in [0.2, 0.25) is 5.02 Å². The topological polar surface area (TPSA) is 46.2 Å². The fourth-order valence-electron chi connectivity index (χ4n) is 3.21. The molecule has 1 N–H and O–H groups in total. The van der Waals surface area contributed by atoms with Gasteiger partial charge in [0.05, 0.1) is 5.92 Å². The summed E-state index contributed by atoms with van der Waals surface area (Å²) in [6.45, 7) is 2.63. The van der Waals surface area contributed by atoms with Gasteiger partial charge in [0.1, 0.15) is 5.78 Å². The first-order valence-electron chi connectivity index (χ1n) is 8.13. The van der Waals surface area contributed by atoms with Crippen molar-refractivity contribution in [3.63, 3.8) is 0 Å². The third-order valence-corrected chi connectivity index (χ3v) is 4.84. The van der Waals surface area contributed by atoms with E-state index in [2.05, 4.69) is 17.4 Å². The molecule has 0 bridgehead atoms. The van der Waals surface area contributed by atoms with Gasteiger partial charge in [0.15, 0.2) is 0 Å². The molecule has 3 nitrogen and oxygen atoms in total. The molecule has 1 unspecified atom stereocenters. The Morgan fingerprint density at radius 1 is 1.12 bits per heavy atom. The molecular formula is C20H20ClNO2. The van der Waals surface area contributed by atoms with E-state index in [1.54, 1.807) is 12.1 Å². The Labute approximate surface area is 147 Å². The zero-order valence-corrected chi connectivity index (χ0v) is 14.3. The summed E-state index contributed by atoms with van der Waals surface area (Å²) >= 11 is 5.86. The standard InChI is InChI=1S/C20H20ClNO2/c1-13-2-6-15(7-3-13)19-12-22-20(24)18(19)11-17(23)10-14-4-8-16(21)9-5-14/h2-9,18-19H,10-12H2,1H3,(H,22,24)/t18?,19-/m0/s1. The molecule has 1 amide bonds. The van der Waals surface area contributed by atoms with E-state index in [0.29, 0.717) is 18.0 Å². The number of Topliss-reactive ketones (excluding diaryl/α,β-unsaturated/α-hetero) is 1. The van der Waals surface area contributed by atoms with Crippen LogP contribution in [0.3, 0.4) is 0 Å². The van der Waals surface area contributed by atoms with Gasteiger partial charge in [-0.3, -0.25) is 9.59 Å². The monoisotopic (exact) mass is 341 g/mol. The lowest BCUT2D eigenvalue weighted by molar-refractivity contribution is -0.127. The van der Waals surface area contributed by atoms with Gasteiger partial charge in [-0.1, -0.05) is 53.6 Å². The summed E-state index contributed by atoms with van der Waals surface area (Å²) in [6, 6.07) is 15.5. The number of halogens is 1. The van der Waals surface area contributed by atoms with E-state index in [1.807, 2.05) is 31.2 Å². The molecule has 0 aliphatic carbocycles. The largest absolute Gasteiger partial charge is 0.355 e. The number of benzene rings is 2. The maximum absolute atomic E-state index is 12.4. The number of aryl methyl sites for hydroxylation is 1. The first kappa shape index (κ1) is 16.7. The van der Waals surface area contributed by atoms with Crippen LogP contribution in [0.5, 0.6) is 0 Å². The zero-order chi connectivity index (χ0) is 17.1. The first-order valence-corrected chi connectivity index (χ1v) is 8.51. The first-order chi connectivity index (χ1) is 11.5. The van der Waals surface area contributed by atoms with E-state index < -0.39 is 0 Å². The SMILES string of the molecule is Cc1ccc([C@@H]2CNC(=O)C2CC(=O)Cc2ccc(Cl)cc2)cc1. The molecule has 1 aliphatic heterocycles. The number of ketones is 1. The van der Waals surface area contributed by atoms with Crippen LogP contribution >= 0.6 is 11.6 Å². The van der Waals surface area contributed by atoms with Gasteiger partial charge < -0.3 is 5.32 Å². The van der Waals surface area contributed by atoms with Crippen molar-refractivity contribution in [2.75, 3.05) is 6.54 Å². The Morgan fingerprint density at radius 3 is 2.46 bits per heavy atom. The number of hydrogen-bond acceptors (Lipinski definition) is 2. The molecule has 3 rings (SSSR count). The van der Waals surface area contributed by atoms with Crippen molar-refractivity contribution >= 4 is 23.3 Å². The molecule has 4 heteroatoms. The van der Waals surface area contributed by atoms with Gasteiger partial charge in [-0.05, 0) is 30.2 Å². The van der Waals surface area contributed by atoms with Gasteiger partial charge in [-0.15, -0.1) is 0 Å². The minimum atomic E-state index is -0.285. The molecule has 2 atom stereocenters. The highest BCUT2D eigenvalue weighted by atomic mass is 35.5. The van der Waals surface area contributed by atoms with Gasteiger partial charge >= 0.3 is 0 Å². The number of carbonyl (C=O) groups excluding carboxylic acids is 2. The highest BCUT2D eigenvalue weighted by molar-refractivity contribution is 6.30. The lowest BCUT2D eigenvalue weighted by Gasteiger charge is -2.17. The Bertz CT molecular complexity index is 737. The van der Waals surface area contributed by atoms with Crippen LogP contribution in [0.25, 0.3) is 0 Å². The normalized spacial score (nSPS) is 20.0. The van der Waals surface area contributed by atoms with Gasteiger partial charge in [-0.25, -0.2) is 0 Å². The molecule has 24 heavy (non-hydrogen) atoms. The summed E-state index contributed by atoms with van der Waals surface area (Å²) in [4.78, 5) is 24.6. The fraction of sp³-hybridized carbons (Fsp3) is 0.300. The molecule has 0 saturated carbocycles. The third kappa shape index (κ3) is 3.85. The molecule has 124 valence electrons. The summed E-state index contributed by atoms with van der Waals surface area (Å²) < 4.78 is 0. The zero-order valence-electron chi connectivity index (χ0n) is 13.6. The summed E-state index contributed by atoms with van der Waals surface area (Å²) in [5.41, 5.74) is 3.23. The van der Waals surface area contributed by atoms with Crippen LogP contribution in [0.4, 0.5) is 0 Å². The maximum Gasteiger partial charge on any atom is 0.224 e. The molecule has 0 spiro atoms. The quantitative estimate of drug-likeness (QED) is 0.901. The lowest BCUT2D eigenvalue weighted by atomic mass is 9.84. The van der Waals surface area contributed by atoms with Crippen molar-refractivity contribution in [3.05, 3.63) is 70.2 Å². The van der Waals surface area contributed by atoms with E-state index in [4.69, 9.17) is 11.6 Å². The predicted octanol–water partition coefficient (Wildman–Crippen LogP) is 3.68. The van der Waals surface area contributed by atoms with Crippen LogP contribution in [0, 0.1) is 12.8 Å². The van der Waals surface area contributed by atoms with Gasteiger partial charge in [0, 0.05) is 30.3 Å². The second kappa shape index (κ2) is 7.18. The van der Waals surface area contributed by atoms with Crippen molar-refractivity contribution in [1.82, 2.24) is 5.32 Å². The summed E-state index contributed by atoms with van der Waals surface area (Å²) in [7, 11) is 0. The smallest absolute Gasteiger partial charge is 0.224 e. The van der Waals surface area contributed by atoms with E-state index in [0.717, 1.165) is 11.1 Å². The Kier molecular flexibility index (Phi) is 5.00. The van der Waals surface area contributed by atoms with Crippen LogP contribution < -0.4 is 5.32 Å². The molecule has 0 aromatic heterocycles. The van der Waals surface area contributed by atoms with Crippen molar-refractivity contribution < 1.29 is 9.59 Å². The molecule has 1 fully saturated rings.